The summed E-state index contributed by atoms with van der Waals surface area (Å²) in [6.07, 6.45) is -0.650. The second-order valence-corrected chi connectivity index (χ2v) is 3.76. The minimum atomic E-state index is -5.00. The molecule has 0 saturated carbocycles. The van der Waals surface area contributed by atoms with Gasteiger partial charge in [0.25, 0.3) is 0 Å². The first-order valence-electron chi connectivity index (χ1n) is 2.67. The summed E-state index contributed by atoms with van der Waals surface area (Å²) in [5.41, 5.74) is -1.81. The van der Waals surface area contributed by atoms with E-state index in [0.717, 1.165) is 0 Å². The van der Waals surface area contributed by atoms with Crippen molar-refractivity contribution in [3.8, 4) is 0 Å². The molecule has 13 heavy (non-hydrogen) atoms. The largest absolute Gasteiger partial charge is 1.00 e. The number of rotatable bonds is 1. The van der Waals surface area contributed by atoms with E-state index in [2.05, 4.69) is 4.74 Å². The molecule has 1 rings (SSSR count). The van der Waals surface area contributed by atoms with Gasteiger partial charge in [0.2, 0.25) is 0 Å². The van der Waals surface area contributed by atoms with Crippen molar-refractivity contribution in [3.05, 3.63) is 0 Å². The van der Waals surface area contributed by atoms with E-state index in [9.17, 15) is 23.9 Å². The summed E-state index contributed by atoms with van der Waals surface area (Å²) in [4.78, 5) is 41.1. The number of ether oxygens (including phenoxy) is 1. The molecular weight excluding hydrogens is 189 g/mol. The van der Waals surface area contributed by atoms with Crippen LogP contribution in [0.15, 0.2) is 0 Å². The molecule has 9 heteroatoms. The van der Waals surface area contributed by atoms with Crippen LogP contribution in [0.1, 0.15) is 6.42 Å². The SMILES string of the molecule is O=C1CC(P(=O)([O-])[O-])C(=O)O1.[Li+].[Li+]. The Morgan fingerprint density at radius 2 is 1.77 bits per heavy atom. The maximum absolute atomic E-state index is 10.4. The molecule has 0 aromatic carbocycles. The Hall–Kier alpha value is 0.485. The molecule has 0 N–H and O–H groups in total. The third-order valence-corrected chi connectivity index (χ3v) is 2.39. The second kappa shape index (κ2) is 5.39. The van der Waals surface area contributed by atoms with Crippen LogP contribution in [-0.4, -0.2) is 17.6 Å². The first-order chi connectivity index (χ1) is 4.91. The molecule has 1 heterocycles. The topological polar surface area (TPSA) is 107 Å². The van der Waals surface area contributed by atoms with Gasteiger partial charge in [-0.15, -0.1) is 0 Å². The van der Waals surface area contributed by atoms with E-state index < -0.39 is 31.6 Å². The summed E-state index contributed by atoms with van der Waals surface area (Å²) in [6, 6.07) is 0. The molecule has 1 fully saturated rings. The number of cyclic esters (lactones) is 2. The van der Waals surface area contributed by atoms with E-state index in [0.29, 0.717) is 0 Å². The molecule has 0 aliphatic carbocycles. The van der Waals surface area contributed by atoms with Crippen LogP contribution < -0.4 is 47.5 Å². The zero-order chi connectivity index (χ0) is 8.65. The first-order valence-corrected chi connectivity index (χ1v) is 4.28. The molecule has 1 atom stereocenters. The summed E-state index contributed by atoms with van der Waals surface area (Å²) in [5.74, 6) is -2.23. The Kier molecular flexibility index (Phi) is 6.60. The quantitative estimate of drug-likeness (QED) is 0.177. The summed E-state index contributed by atoms with van der Waals surface area (Å²) in [6.45, 7) is 0. The van der Waals surface area contributed by atoms with Crippen molar-refractivity contribution in [2.45, 2.75) is 12.1 Å². The molecule has 0 amide bonds. The molecule has 62 valence electrons. The van der Waals surface area contributed by atoms with E-state index in [1.54, 1.807) is 0 Å². The number of carbonyl (C=O) groups is 2. The van der Waals surface area contributed by atoms with Crippen molar-refractivity contribution >= 4 is 19.5 Å². The Labute approximate surface area is 97.9 Å². The maximum Gasteiger partial charge on any atom is 1.00 e. The van der Waals surface area contributed by atoms with Gasteiger partial charge >= 0.3 is 49.7 Å². The molecule has 0 aromatic rings. The van der Waals surface area contributed by atoms with Crippen LogP contribution in [0.3, 0.4) is 0 Å². The Bertz CT molecular complexity index is 259. The zero-order valence-electron chi connectivity index (χ0n) is 7.18. The Morgan fingerprint density at radius 1 is 1.31 bits per heavy atom. The molecule has 1 aliphatic rings. The summed E-state index contributed by atoms with van der Waals surface area (Å²) < 4.78 is 14.1. The van der Waals surface area contributed by atoms with Crippen LogP contribution in [0.2, 0.25) is 0 Å². The van der Waals surface area contributed by atoms with E-state index in [-0.39, 0.29) is 37.7 Å². The number of esters is 2. The zero-order valence-corrected chi connectivity index (χ0v) is 8.08. The van der Waals surface area contributed by atoms with Crippen LogP contribution >= 0.6 is 7.60 Å². The average molecular weight is 192 g/mol. The second-order valence-electron chi connectivity index (χ2n) is 2.05. The molecule has 6 nitrogen and oxygen atoms in total. The normalized spacial score (nSPS) is 21.5. The van der Waals surface area contributed by atoms with Crippen LogP contribution in [0, 0.1) is 0 Å². The van der Waals surface area contributed by atoms with Crippen molar-refractivity contribution in [2.24, 2.45) is 0 Å². The fourth-order valence-electron chi connectivity index (χ4n) is 0.704. The van der Waals surface area contributed by atoms with Crippen molar-refractivity contribution in [2.75, 3.05) is 0 Å². The van der Waals surface area contributed by atoms with Gasteiger partial charge < -0.3 is 19.1 Å². The van der Waals surface area contributed by atoms with E-state index in [1.165, 1.54) is 0 Å². The van der Waals surface area contributed by atoms with Gasteiger partial charge in [-0.3, -0.25) is 9.59 Å². The molecule has 0 spiro atoms. The monoisotopic (exact) mass is 192 g/mol. The summed E-state index contributed by atoms with van der Waals surface area (Å²) in [7, 11) is -5.00. The molecule has 1 unspecified atom stereocenters. The molecule has 1 saturated heterocycles. The van der Waals surface area contributed by atoms with Gasteiger partial charge in [0, 0.05) is 0 Å². The van der Waals surface area contributed by atoms with Crippen molar-refractivity contribution < 1.29 is 66.4 Å². The molecule has 0 bridgehead atoms. The fraction of sp³-hybridized carbons (Fsp3) is 0.500. The predicted octanol–water partition coefficient (Wildman–Crippen LogP) is -8.25. The molecule has 1 aliphatic heterocycles. The van der Waals surface area contributed by atoms with Gasteiger partial charge in [-0.1, -0.05) is 7.60 Å². The molecular formula is C4H3Li2O6P. The Balaban J connectivity index is 0. The van der Waals surface area contributed by atoms with Gasteiger partial charge in [-0.2, -0.15) is 0 Å². The third kappa shape index (κ3) is 4.02. The Morgan fingerprint density at radius 3 is 1.92 bits per heavy atom. The minimum Gasteiger partial charge on any atom is -0.810 e. The standard InChI is InChI=1S/C4H5O6P.2Li/c5-3-1-2(4(6)10-3)11(7,8)9;;/h2H,1H2,(H2,7,8,9);;/q;2*+1/p-2. The first kappa shape index (κ1) is 15.9. The van der Waals surface area contributed by atoms with Gasteiger partial charge in [0.05, 0.1) is 12.1 Å². The van der Waals surface area contributed by atoms with Crippen LogP contribution in [-0.2, 0) is 18.9 Å². The summed E-state index contributed by atoms with van der Waals surface area (Å²) >= 11 is 0. The van der Waals surface area contributed by atoms with Gasteiger partial charge in [0.15, 0.2) is 0 Å². The predicted molar refractivity (Wildman–Crippen MR) is 27.1 cm³/mol. The van der Waals surface area contributed by atoms with Crippen LogP contribution in [0.4, 0.5) is 0 Å². The van der Waals surface area contributed by atoms with Crippen LogP contribution in [0.5, 0.6) is 0 Å². The van der Waals surface area contributed by atoms with Crippen molar-refractivity contribution in [3.63, 3.8) is 0 Å². The summed E-state index contributed by atoms with van der Waals surface area (Å²) in [5, 5.41) is 0. The van der Waals surface area contributed by atoms with Gasteiger partial charge in [-0.05, 0) is 0 Å². The molecule has 0 radical (unpaired) electrons. The maximum atomic E-state index is 10.4. The van der Waals surface area contributed by atoms with Crippen molar-refractivity contribution in [1.29, 1.82) is 0 Å². The van der Waals surface area contributed by atoms with E-state index in [4.69, 9.17) is 0 Å². The van der Waals surface area contributed by atoms with Gasteiger partial charge in [-0.25, -0.2) is 0 Å². The van der Waals surface area contributed by atoms with Crippen molar-refractivity contribution in [1.82, 2.24) is 0 Å². The third-order valence-electron chi connectivity index (χ3n) is 1.23. The van der Waals surface area contributed by atoms with E-state index in [1.807, 2.05) is 0 Å². The average Bonchev–Trinajstić information content (AvgIpc) is 2.08. The van der Waals surface area contributed by atoms with Gasteiger partial charge in [0.1, 0.15) is 0 Å². The van der Waals surface area contributed by atoms with Crippen LogP contribution in [0.25, 0.3) is 0 Å². The minimum absolute atomic E-state index is 0. The smallest absolute Gasteiger partial charge is 0.810 e. The van der Waals surface area contributed by atoms with E-state index >= 15 is 0 Å². The number of carbonyl (C=O) groups excluding carboxylic acids is 2. The fourth-order valence-corrected chi connectivity index (χ4v) is 1.39. The number of hydrogen-bond acceptors (Lipinski definition) is 6. The number of hydrogen-bond donors (Lipinski definition) is 0. The molecule has 0 aromatic heterocycles.